The highest BCUT2D eigenvalue weighted by Gasteiger charge is 2.31. The summed E-state index contributed by atoms with van der Waals surface area (Å²) in [4.78, 5) is 46.4. The number of anilines is 2. The van der Waals surface area contributed by atoms with Gasteiger partial charge in [-0.25, -0.2) is 13.1 Å². The van der Waals surface area contributed by atoms with Crippen LogP contribution in [-0.2, 0) is 14.8 Å². The van der Waals surface area contributed by atoms with Gasteiger partial charge in [0.2, 0.25) is 5.91 Å². The van der Waals surface area contributed by atoms with E-state index in [0.29, 0.717) is 31.7 Å². The number of nitro benzene ring substituents is 1. The van der Waals surface area contributed by atoms with E-state index < -0.39 is 31.4 Å². The predicted octanol–water partition coefficient (Wildman–Crippen LogP) is 8.85. The number of hydrogen-bond donors (Lipinski definition) is 3. The second kappa shape index (κ2) is 18.1. The molecule has 0 bridgehead atoms. The molecule has 3 aliphatic rings. The Morgan fingerprint density at radius 2 is 1.68 bits per heavy atom. The fourth-order valence-electron chi connectivity index (χ4n) is 8.85. The van der Waals surface area contributed by atoms with Crippen LogP contribution in [0.25, 0.3) is 16.5 Å². The molecule has 2 fully saturated rings. The van der Waals surface area contributed by atoms with E-state index in [4.69, 9.17) is 16.3 Å². The molecule has 0 saturated carbocycles. The Labute approximate surface area is 372 Å². The van der Waals surface area contributed by atoms with Crippen LogP contribution in [0.5, 0.6) is 11.5 Å². The van der Waals surface area contributed by atoms with Crippen molar-refractivity contribution in [3.8, 4) is 11.5 Å². The second-order valence-electron chi connectivity index (χ2n) is 17.5. The van der Waals surface area contributed by atoms with Crippen molar-refractivity contribution >= 4 is 67.0 Å². The number of H-pyrrole nitrogens is 1. The minimum absolute atomic E-state index is 0.0262. The number of nitrogens with zero attached hydrogens (tertiary/aromatic N) is 4. The Morgan fingerprint density at radius 3 is 2.40 bits per heavy atom. The summed E-state index contributed by atoms with van der Waals surface area (Å²) in [5.41, 5.74) is 5.72. The van der Waals surface area contributed by atoms with Crippen molar-refractivity contribution in [3.05, 3.63) is 123 Å². The zero-order valence-corrected chi connectivity index (χ0v) is 37.2. The number of amides is 2. The van der Waals surface area contributed by atoms with Gasteiger partial charge in [0, 0.05) is 98.7 Å². The van der Waals surface area contributed by atoms with Gasteiger partial charge in [0.25, 0.3) is 21.6 Å². The molecule has 0 unspecified atom stereocenters. The van der Waals surface area contributed by atoms with Gasteiger partial charge in [0.1, 0.15) is 17.2 Å². The number of hydrogen-bond acceptors (Lipinski definition) is 10. The topological polar surface area (TPSA) is 170 Å². The van der Waals surface area contributed by atoms with Crippen LogP contribution < -0.4 is 19.7 Å². The van der Waals surface area contributed by atoms with Crippen molar-refractivity contribution in [2.75, 3.05) is 56.0 Å². The molecule has 3 heterocycles. The van der Waals surface area contributed by atoms with Crippen molar-refractivity contribution in [3.63, 3.8) is 0 Å². The van der Waals surface area contributed by atoms with Gasteiger partial charge in [-0.3, -0.25) is 24.6 Å². The smallest absolute Gasteiger partial charge is 0.293 e. The van der Waals surface area contributed by atoms with Gasteiger partial charge in [-0.1, -0.05) is 43.2 Å². The zero-order chi connectivity index (χ0) is 44.5. The molecule has 5 aromatic rings. The first-order valence-electron chi connectivity index (χ1n) is 21.3. The quantitative estimate of drug-likeness (QED) is 0.0813. The molecule has 63 heavy (non-hydrogen) atoms. The maximum atomic E-state index is 14.0. The molecule has 1 aromatic heterocycles. The van der Waals surface area contributed by atoms with E-state index in [1.165, 1.54) is 35.8 Å². The summed E-state index contributed by atoms with van der Waals surface area (Å²) in [6.45, 7) is 11.2. The van der Waals surface area contributed by atoms with Crippen molar-refractivity contribution in [2.24, 2.45) is 5.41 Å². The van der Waals surface area contributed by atoms with E-state index in [-0.39, 0.29) is 34.4 Å². The first-order valence-corrected chi connectivity index (χ1v) is 23.2. The van der Waals surface area contributed by atoms with Crippen LogP contribution >= 0.6 is 11.6 Å². The van der Waals surface area contributed by atoms with Gasteiger partial charge in [-0.15, -0.1) is 0 Å². The third kappa shape index (κ3) is 10.2. The Hall–Kier alpha value is -5.90. The zero-order valence-electron chi connectivity index (χ0n) is 35.7. The minimum Gasteiger partial charge on any atom is -0.456 e. The molecule has 2 saturated heterocycles. The Kier molecular flexibility index (Phi) is 12.5. The first kappa shape index (κ1) is 43.7. The Balaban J connectivity index is 1.00. The molecule has 3 N–H and O–H groups in total. The molecule has 4 aromatic carbocycles. The number of piperazine rings is 1. The van der Waals surface area contributed by atoms with E-state index in [2.05, 4.69) is 50.8 Å². The molecular formula is C47H52ClN7O7S. The second-order valence-corrected chi connectivity index (χ2v) is 19.6. The number of aromatic nitrogens is 1. The molecule has 8 rings (SSSR count). The number of carbonyl (C=O) groups is 2. The lowest BCUT2D eigenvalue weighted by molar-refractivity contribution is -0.384. The molecule has 14 nitrogen and oxygen atoms in total. The molecule has 330 valence electrons. The fourth-order valence-corrected chi connectivity index (χ4v) is 9.96. The maximum absolute atomic E-state index is 14.0. The van der Waals surface area contributed by atoms with Crippen molar-refractivity contribution in [1.29, 1.82) is 0 Å². The number of carbonyl (C=O) groups excluding carboxylic acids is 2. The van der Waals surface area contributed by atoms with E-state index in [9.17, 15) is 28.1 Å². The van der Waals surface area contributed by atoms with Crippen LogP contribution in [-0.4, -0.2) is 91.8 Å². The summed E-state index contributed by atoms with van der Waals surface area (Å²) in [5.74, 6) is -0.379. The number of sulfonamides is 1. The van der Waals surface area contributed by atoms with E-state index in [1.54, 1.807) is 29.2 Å². The summed E-state index contributed by atoms with van der Waals surface area (Å²) < 4.78 is 36.0. The predicted molar refractivity (Wildman–Crippen MR) is 246 cm³/mol. The number of rotatable bonds is 12. The lowest BCUT2D eigenvalue weighted by atomic mass is 9.72. The summed E-state index contributed by atoms with van der Waals surface area (Å²) >= 11 is 6.24. The fraction of sp³-hybridized carbons (Fsp3) is 0.362. The van der Waals surface area contributed by atoms with Gasteiger partial charge in [0.05, 0.1) is 15.4 Å². The minimum atomic E-state index is -4.58. The van der Waals surface area contributed by atoms with Gasteiger partial charge in [-0.05, 0) is 109 Å². The number of nitro groups is 1. The van der Waals surface area contributed by atoms with Gasteiger partial charge < -0.3 is 24.8 Å². The Morgan fingerprint density at radius 1 is 0.937 bits per heavy atom. The average Bonchev–Trinajstić information content (AvgIpc) is 3.73. The molecule has 16 heteroatoms. The van der Waals surface area contributed by atoms with Crippen LogP contribution in [0.15, 0.2) is 102 Å². The monoisotopic (exact) mass is 893 g/mol. The molecule has 0 spiro atoms. The van der Waals surface area contributed by atoms with E-state index in [0.717, 1.165) is 79.7 Å². The number of aromatic amines is 1. The summed E-state index contributed by atoms with van der Waals surface area (Å²) in [6, 6.07) is 24.0. The van der Waals surface area contributed by atoms with Crippen LogP contribution in [0.3, 0.4) is 0 Å². The summed E-state index contributed by atoms with van der Waals surface area (Å²) in [7, 11) is -4.58. The van der Waals surface area contributed by atoms with Crippen molar-refractivity contribution in [1.82, 2.24) is 19.5 Å². The average molecular weight is 894 g/mol. The van der Waals surface area contributed by atoms with Gasteiger partial charge in [-0.2, -0.15) is 0 Å². The molecule has 0 radical (unpaired) electrons. The standard InChI is InChI=1S/C47H52ClN7O7S/c1-31(56)53-20-16-36(17-21-53)50-43-13-10-39(28-44(43)55(58)59)63(60,61)51-46(57)40-11-8-37(27-45(40)62-38-9-12-42-33(26-38)15-19-49-42)54-24-22-52(23-25-54)30-34-14-18-47(2,3)29-41(34)32-4-6-35(48)7-5-32/h4-13,15,19,26-28,36,49-50H,14,16-18,20-25,29-30H2,1-3H3,(H,51,57). The molecular weight excluding hydrogens is 842 g/mol. The number of ether oxygens (including phenoxy) is 1. The maximum Gasteiger partial charge on any atom is 0.293 e. The van der Waals surface area contributed by atoms with Gasteiger partial charge in [0.15, 0.2) is 0 Å². The number of halogens is 1. The SMILES string of the molecule is CC(=O)N1CCC(Nc2ccc(S(=O)(=O)NC(=O)c3ccc(N4CCN(CC5=C(c6ccc(Cl)cc6)CC(C)(C)CC5)CC4)cc3Oc3ccc4[nH]ccc4c3)cc2[N+](=O)[O-])CC1. The normalized spacial score (nSPS) is 17.5. The number of piperidine rings is 1. The summed E-state index contributed by atoms with van der Waals surface area (Å²) in [5, 5.41) is 16.9. The highest BCUT2D eigenvalue weighted by Crippen LogP contribution is 2.43. The summed E-state index contributed by atoms with van der Waals surface area (Å²) in [6.07, 6.45) is 6.16. The van der Waals surface area contributed by atoms with Crippen molar-refractivity contribution < 1.29 is 27.7 Å². The van der Waals surface area contributed by atoms with Gasteiger partial charge >= 0.3 is 0 Å². The third-order valence-electron chi connectivity index (χ3n) is 12.5. The molecule has 2 aliphatic heterocycles. The lowest BCUT2D eigenvalue weighted by Gasteiger charge is -2.39. The van der Waals surface area contributed by atoms with Crippen molar-refractivity contribution in [2.45, 2.75) is 63.8 Å². The number of allylic oxidation sites excluding steroid dienone is 1. The van der Waals surface area contributed by atoms with Crippen LogP contribution in [0.2, 0.25) is 5.02 Å². The number of fused-ring (bicyclic) bond motifs is 1. The molecule has 1 aliphatic carbocycles. The number of nitrogens with one attached hydrogen (secondary N) is 3. The van der Waals surface area contributed by atoms with Crippen LogP contribution in [0.1, 0.15) is 68.8 Å². The molecule has 2 amide bonds. The van der Waals surface area contributed by atoms with E-state index >= 15 is 0 Å². The molecule has 0 atom stereocenters. The van der Waals surface area contributed by atoms with E-state index in [1.807, 2.05) is 36.5 Å². The largest absolute Gasteiger partial charge is 0.456 e. The number of benzene rings is 4. The Bertz CT molecular complexity index is 2680. The third-order valence-corrected chi connectivity index (χ3v) is 14.1. The highest BCUT2D eigenvalue weighted by molar-refractivity contribution is 7.90. The lowest BCUT2D eigenvalue weighted by Crippen LogP contribution is -2.47. The highest BCUT2D eigenvalue weighted by atomic mass is 35.5. The van der Waals surface area contributed by atoms with Crippen LogP contribution in [0, 0.1) is 15.5 Å². The first-order chi connectivity index (χ1) is 30.1. The van der Waals surface area contributed by atoms with Crippen LogP contribution in [0.4, 0.5) is 17.1 Å². The number of likely N-dealkylation sites (tertiary alicyclic amines) is 1.